The van der Waals surface area contributed by atoms with Crippen LogP contribution < -0.4 is 16.6 Å². The highest BCUT2D eigenvalue weighted by Gasteiger charge is 2.14. The van der Waals surface area contributed by atoms with Crippen LogP contribution in [0.3, 0.4) is 0 Å². The molecule has 0 radical (unpaired) electrons. The average molecular weight is 447 g/mol. The number of aromatic nitrogens is 1. The number of hydrogen-bond donors (Lipinski definition) is 4. The summed E-state index contributed by atoms with van der Waals surface area (Å²) < 4.78 is 3.74. The van der Waals surface area contributed by atoms with E-state index >= 15 is 0 Å². The third kappa shape index (κ3) is 5.06. The van der Waals surface area contributed by atoms with E-state index in [0.717, 1.165) is 26.3 Å². The topological polar surface area (TPSA) is 104 Å². The fraction of sp³-hybridized carbons (Fsp3) is 0.158. The highest BCUT2D eigenvalue weighted by atomic mass is 79.9. The Morgan fingerprint density at radius 1 is 1.15 bits per heavy atom. The Labute approximate surface area is 169 Å². The molecular weight excluding hydrogens is 428 g/mol. The summed E-state index contributed by atoms with van der Waals surface area (Å²) in [5.74, 6) is 0.162. The minimum atomic E-state index is -0.247. The molecule has 3 rings (SSSR count). The normalized spacial score (nSPS) is 11.6. The van der Waals surface area contributed by atoms with Crippen molar-refractivity contribution in [2.75, 3.05) is 18.5 Å². The van der Waals surface area contributed by atoms with E-state index in [9.17, 15) is 4.79 Å². The van der Waals surface area contributed by atoms with Gasteiger partial charge in [-0.1, -0.05) is 39.6 Å². The number of hydrogen-bond acceptors (Lipinski definition) is 5. The number of rotatable bonds is 7. The zero-order valence-corrected chi connectivity index (χ0v) is 16.8. The van der Waals surface area contributed by atoms with Gasteiger partial charge >= 0.3 is 0 Å². The number of nitrogens with two attached hydrogens (primary N) is 1. The Morgan fingerprint density at radius 3 is 2.41 bits per heavy atom. The molecule has 27 heavy (non-hydrogen) atoms. The van der Waals surface area contributed by atoms with E-state index in [-0.39, 0.29) is 24.5 Å². The molecule has 1 aromatic heterocycles. The van der Waals surface area contributed by atoms with Crippen LogP contribution in [0, 0.1) is 0 Å². The molecule has 0 saturated carbocycles. The van der Waals surface area contributed by atoms with Gasteiger partial charge in [0.15, 0.2) is 0 Å². The summed E-state index contributed by atoms with van der Waals surface area (Å²) in [6.45, 7) is 0.0713. The Hall–Kier alpha value is -2.42. The zero-order valence-electron chi connectivity index (χ0n) is 14.4. The SMILES string of the molecule is NC(=NCCO)c1c(Cc2ccc(Nc3ccc(Br)cc3)cc2)s[nH]c1=O. The lowest BCUT2D eigenvalue weighted by atomic mass is 10.1. The van der Waals surface area contributed by atoms with Gasteiger partial charge in [0, 0.05) is 27.1 Å². The molecule has 0 bridgehead atoms. The lowest BCUT2D eigenvalue weighted by Gasteiger charge is -2.08. The molecule has 0 atom stereocenters. The molecule has 0 aliphatic carbocycles. The molecule has 0 aliphatic heterocycles. The van der Waals surface area contributed by atoms with Crippen LogP contribution in [0.2, 0.25) is 0 Å². The minimum absolute atomic E-state index is 0.106. The zero-order chi connectivity index (χ0) is 19.2. The first-order valence-corrected chi connectivity index (χ1v) is 9.91. The van der Waals surface area contributed by atoms with Gasteiger partial charge in [-0.25, -0.2) is 0 Å². The van der Waals surface area contributed by atoms with Gasteiger partial charge in [0.05, 0.1) is 18.7 Å². The first-order chi connectivity index (χ1) is 13.1. The fourth-order valence-electron chi connectivity index (χ4n) is 2.56. The highest BCUT2D eigenvalue weighted by Crippen LogP contribution is 2.21. The maximum atomic E-state index is 12.0. The van der Waals surface area contributed by atoms with Crippen LogP contribution in [0.15, 0.2) is 62.8 Å². The Balaban J connectivity index is 1.74. The molecule has 140 valence electrons. The van der Waals surface area contributed by atoms with Gasteiger partial charge in [0.25, 0.3) is 5.56 Å². The van der Waals surface area contributed by atoms with Crippen LogP contribution in [0.5, 0.6) is 0 Å². The van der Waals surface area contributed by atoms with E-state index < -0.39 is 0 Å². The van der Waals surface area contributed by atoms with Crippen molar-refractivity contribution >= 4 is 44.7 Å². The third-order valence-corrected chi connectivity index (χ3v) is 5.27. The third-order valence-electron chi connectivity index (χ3n) is 3.86. The minimum Gasteiger partial charge on any atom is -0.394 e. The molecule has 8 heteroatoms. The van der Waals surface area contributed by atoms with Crippen molar-refractivity contribution in [3.05, 3.63) is 79.4 Å². The van der Waals surface area contributed by atoms with Crippen molar-refractivity contribution in [3.8, 4) is 0 Å². The van der Waals surface area contributed by atoms with Gasteiger partial charge in [-0.3, -0.25) is 14.2 Å². The maximum absolute atomic E-state index is 12.0. The van der Waals surface area contributed by atoms with Gasteiger partial charge < -0.3 is 16.2 Å². The van der Waals surface area contributed by atoms with Crippen LogP contribution in [-0.2, 0) is 6.42 Å². The van der Waals surface area contributed by atoms with Crippen molar-refractivity contribution in [1.29, 1.82) is 0 Å². The standard InChI is InChI=1S/C19H19BrN4O2S/c20-13-3-7-15(8-4-13)23-14-5-1-12(2-6-14)11-16-17(19(26)24-27-16)18(21)22-9-10-25/h1-8,23,25H,9-11H2,(H2,21,22)(H,24,26). The van der Waals surface area contributed by atoms with Crippen molar-refractivity contribution in [2.24, 2.45) is 10.7 Å². The number of aliphatic imine (C=N–C) groups is 1. The molecular formula is C19H19BrN4O2S. The van der Waals surface area contributed by atoms with Crippen molar-refractivity contribution in [2.45, 2.75) is 6.42 Å². The Bertz CT molecular complexity index is 978. The molecule has 3 aromatic rings. The average Bonchev–Trinajstić information content (AvgIpc) is 3.03. The predicted octanol–water partition coefficient (Wildman–Crippen LogP) is 3.23. The predicted molar refractivity (Wildman–Crippen MR) is 114 cm³/mol. The number of anilines is 2. The quantitative estimate of drug-likeness (QED) is 0.330. The van der Waals surface area contributed by atoms with E-state index in [1.165, 1.54) is 11.5 Å². The molecule has 6 nitrogen and oxygen atoms in total. The summed E-state index contributed by atoms with van der Waals surface area (Å²) in [4.78, 5) is 16.9. The molecule has 0 saturated heterocycles. The number of aliphatic hydroxyl groups excluding tert-OH is 1. The second-order valence-electron chi connectivity index (χ2n) is 5.83. The van der Waals surface area contributed by atoms with E-state index in [4.69, 9.17) is 10.8 Å². The largest absolute Gasteiger partial charge is 0.394 e. The number of nitrogens with zero attached hydrogens (tertiary/aromatic N) is 1. The number of H-pyrrole nitrogens is 1. The van der Waals surface area contributed by atoms with Crippen LogP contribution >= 0.6 is 27.5 Å². The summed E-state index contributed by atoms with van der Waals surface area (Å²) in [6.07, 6.45) is 0.576. The monoisotopic (exact) mass is 446 g/mol. The van der Waals surface area contributed by atoms with Crippen LogP contribution in [0.1, 0.15) is 16.0 Å². The van der Waals surface area contributed by atoms with Gasteiger partial charge in [0.1, 0.15) is 5.84 Å². The van der Waals surface area contributed by atoms with E-state index in [0.29, 0.717) is 12.0 Å². The molecule has 0 spiro atoms. The van der Waals surface area contributed by atoms with E-state index in [1.54, 1.807) is 0 Å². The smallest absolute Gasteiger partial charge is 0.269 e. The first-order valence-electron chi connectivity index (χ1n) is 8.30. The van der Waals surface area contributed by atoms with E-state index in [1.807, 2.05) is 48.5 Å². The number of nitrogens with one attached hydrogen (secondary N) is 2. The molecule has 0 unspecified atom stereocenters. The molecule has 0 fully saturated rings. The fourth-order valence-corrected chi connectivity index (χ4v) is 3.68. The molecule has 1 heterocycles. The van der Waals surface area contributed by atoms with Crippen molar-refractivity contribution < 1.29 is 5.11 Å². The number of benzene rings is 2. The van der Waals surface area contributed by atoms with Gasteiger partial charge in [-0.2, -0.15) is 0 Å². The second kappa shape index (κ2) is 8.98. The lowest BCUT2D eigenvalue weighted by Crippen LogP contribution is -2.23. The summed E-state index contributed by atoms with van der Waals surface area (Å²) in [6, 6.07) is 16.0. The molecule has 5 N–H and O–H groups in total. The number of amidine groups is 1. The van der Waals surface area contributed by atoms with Crippen molar-refractivity contribution in [3.63, 3.8) is 0 Å². The summed E-state index contributed by atoms with van der Waals surface area (Å²) in [5.41, 5.74) is 9.10. The number of halogens is 1. The number of aromatic amines is 1. The van der Waals surface area contributed by atoms with Gasteiger partial charge in [0.2, 0.25) is 0 Å². The first kappa shape index (κ1) is 19.3. The number of aliphatic hydroxyl groups is 1. The molecule has 0 amide bonds. The van der Waals surface area contributed by atoms with E-state index in [2.05, 4.69) is 30.6 Å². The van der Waals surface area contributed by atoms with Crippen LogP contribution in [-0.4, -0.2) is 28.5 Å². The molecule has 2 aromatic carbocycles. The maximum Gasteiger partial charge on any atom is 0.269 e. The Kier molecular flexibility index (Phi) is 6.44. The van der Waals surface area contributed by atoms with Crippen LogP contribution in [0.25, 0.3) is 0 Å². The molecule has 0 aliphatic rings. The highest BCUT2D eigenvalue weighted by molar-refractivity contribution is 9.10. The lowest BCUT2D eigenvalue weighted by molar-refractivity contribution is 0.307. The summed E-state index contributed by atoms with van der Waals surface area (Å²) in [7, 11) is 0. The second-order valence-corrected chi connectivity index (χ2v) is 7.64. The Morgan fingerprint density at radius 2 is 1.78 bits per heavy atom. The van der Waals surface area contributed by atoms with Gasteiger partial charge in [-0.05, 0) is 42.0 Å². The summed E-state index contributed by atoms with van der Waals surface area (Å²) in [5, 5.41) is 12.2. The van der Waals surface area contributed by atoms with Crippen LogP contribution in [0.4, 0.5) is 11.4 Å². The summed E-state index contributed by atoms with van der Waals surface area (Å²) >= 11 is 4.68. The van der Waals surface area contributed by atoms with Crippen molar-refractivity contribution in [1.82, 2.24) is 4.37 Å². The van der Waals surface area contributed by atoms with Gasteiger partial charge in [-0.15, -0.1) is 0 Å².